The molecule has 0 aromatic carbocycles. The Morgan fingerprint density at radius 1 is 1.50 bits per heavy atom. The van der Waals surface area contributed by atoms with Gasteiger partial charge in [-0.3, -0.25) is 0 Å². The Balaban J connectivity index is 2.80. The van der Waals surface area contributed by atoms with Gasteiger partial charge >= 0.3 is 5.97 Å². The molecule has 0 spiro atoms. The average molecular weight is 231 g/mol. The van der Waals surface area contributed by atoms with Gasteiger partial charge in [-0.25, -0.2) is 13.6 Å². The number of nitrogens with zero attached hydrogens (tertiary/aromatic N) is 1. The molecule has 5 heteroatoms. The number of rotatable bonds is 3. The van der Waals surface area contributed by atoms with E-state index in [1.807, 2.05) is 0 Å². The van der Waals surface area contributed by atoms with E-state index in [0.29, 0.717) is 0 Å². The number of hydrogen-bond donors (Lipinski definition) is 0. The van der Waals surface area contributed by atoms with Crippen LogP contribution in [0.1, 0.15) is 31.3 Å². The summed E-state index contributed by atoms with van der Waals surface area (Å²) in [5.41, 5.74) is -0.480. The van der Waals surface area contributed by atoms with Gasteiger partial charge in [0.1, 0.15) is 11.3 Å². The summed E-state index contributed by atoms with van der Waals surface area (Å²) in [7, 11) is 0. The molecule has 0 amide bonds. The second-order valence-electron chi connectivity index (χ2n) is 4.44. The minimum Gasteiger partial charge on any atom is -0.455 e. The first-order valence-corrected chi connectivity index (χ1v) is 4.96. The third kappa shape index (κ3) is 3.64. The molecule has 1 aromatic heterocycles. The molecule has 1 heterocycles. The summed E-state index contributed by atoms with van der Waals surface area (Å²) in [6.45, 7) is 4.68. The highest BCUT2D eigenvalue weighted by Crippen LogP contribution is 2.13. The lowest BCUT2D eigenvalue weighted by atomic mass is 10.2. The number of hydrogen-bond acceptors (Lipinski definition) is 2. The fourth-order valence-electron chi connectivity index (χ4n) is 1.24. The molecule has 0 bridgehead atoms. The molecule has 0 radical (unpaired) electrons. The first-order valence-electron chi connectivity index (χ1n) is 4.96. The molecule has 1 aromatic rings. The Morgan fingerprint density at radius 2 is 2.12 bits per heavy atom. The monoisotopic (exact) mass is 231 g/mol. The molecule has 3 nitrogen and oxygen atoms in total. The molecular weight excluding hydrogens is 216 g/mol. The first-order chi connectivity index (χ1) is 7.29. The molecule has 16 heavy (non-hydrogen) atoms. The van der Waals surface area contributed by atoms with E-state index in [1.54, 1.807) is 26.8 Å². The second-order valence-corrected chi connectivity index (χ2v) is 4.44. The van der Waals surface area contributed by atoms with Gasteiger partial charge < -0.3 is 9.30 Å². The van der Waals surface area contributed by atoms with Gasteiger partial charge in [0.2, 0.25) is 0 Å². The third-order valence-electron chi connectivity index (χ3n) is 1.77. The van der Waals surface area contributed by atoms with Crippen LogP contribution in [0.3, 0.4) is 0 Å². The fraction of sp³-hybridized carbons (Fsp3) is 0.545. The molecule has 0 saturated carbocycles. The molecule has 0 aliphatic heterocycles. The van der Waals surface area contributed by atoms with Crippen LogP contribution in [0.5, 0.6) is 0 Å². The summed E-state index contributed by atoms with van der Waals surface area (Å²) in [5, 5.41) is 0. The maximum absolute atomic E-state index is 12.2. The van der Waals surface area contributed by atoms with E-state index < -0.39 is 24.5 Å². The molecule has 0 aliphatic rings. The van der Waals surface area contributed by atoms with E-state index in [0.717, 1.165) is 0 Å². The minimum absolute atomic E-state index is 0.148. The van der Waals surface area contributed by atoms with Crippen molar-refractivity contribution in [1.82, 2.24) is 4.57 Å². The van der Waals surface area contributed by atoms with E-state index in [9.17, 15) is 13.6 Å². The van der Waals surface area contributed by atoms with Crippen LogP contribution in [-0.4, -0.2) is 22.6 Å². The number of aromatic nitrogens is 1. The molecule has 1 rings (SSSR count). The maximum Gasteiger partial charge on any atom is 0.355 e. The fourth-order valence-corrected chi connectivity index (χ4v) is 1.24. The molecule has 0 atom stereocenters. The Hall–Kier alpha value is -1.39. The van der Waals surface area contributed by atoms with Gasteiger partial charge in [-0.1, -0.05) is 0 Å². The molecule has 0 N–H and O–H groups in total. The van der Waals surface area contributed by atoms with Crippen molar-refractivity contribution in [3.63, 3.8) is 0 Å². The second kappa shape index (κ2) is 4.63. The molecule has 0 aliphatic carbocycles. The summed E-state index contributed by atoms with van der Waals surface area (Å²) < 4.78 is 30.7. The molecule has 90 valence electrons. The van der Waals surface area contributed by atoms with E-state index in [-0.39, 0.29) is 5.69 Å². The molecule has 0 fully saturated rings. The maximum atomic E-state index is 12.2. The SMILES string of the molecule is CC(C)(C)OC(=O)c1cccn1CC(F)F. The van der Waals surface area contributed by atoms with Crippen LogP contribution in [0.25, 0.3) is 0 Å². The van der Waals surface area contributed by atoms with Gasteiger partial charge in [0.25, 0.3) is 6.43 Å². The summed E-state index contributed by atoms with van der Waals surface area (Å²) in [4.78, 5) is 11.6. The Kier molecular flexibility index (Phi) is 3.67. The standard InChI is InChI=1S/C11H15F2NO2/c1-11(2,3)16-10(15)8-5-4-6-14(8)7-9(12)13/h4-6,9H,7H2,1-3H3. The molecule has 0 unspecified atom stereocenters. The summed E-state index contributed by atoms with van der Waals surface area (Å²) in [5.74, 6) is -0.585. The number of carbonyl (C=O) groups is 1. The number of esters is 1. The largest absolute Gasteiger partial charge is 0.455 e. The zero-order valence-corrected chi connectivity index (χ0v) is 9.54. The van der Waals surface area contributed by atoms with Crippen molar-refractivity contribution in [1.29, 1.82) is 0 Å². The van der Waals surface area contributed by atoms with Crippen LogP contribution in [0, 0.1) is 0 Å². The van der Waals surface area contributed by atoms with Crippen LogP contribution >= 0.6 is 0 Å². The van der Waals surface area contributed by atoms with E-state index in [2.05, 4.69) is 0 Å². The van der Waals surface area contributed by atoms with Crippen LogP contribution in [-0.2, 0) is 11.3 Å². The Labute approximate surface area is 93.0 Å². The third-order valence-corrected chi connectivity index (χ3v) is 1.77. The highest BCUT2D eigenvalue weighted by molar-refractivity contribution is 5.88. The molecular formula is C11H15F2NO2. The normalized spacial score (nSPS) is 11.9. The van der Waals surface area contributed by atoms with Gasteiger partial charge in [0.15, 0.2) is 0 Å². The summed E-state index contributed by atoms with van der Waals surface area (Å²) >= 11 is 0. The average Bonchev–Trinajstić information content (AvgIpc) is 2.47. The van der Waals surface area contributed by atoms with Gasteiger partial charge in [0, 0.05) is 6.20 Å². The van der Waals surface area contributed by atoms with Gasteiger partial charge in [0.05, 0.1) is 6.54 Å². The van der Waals surface area contributed by atoms with Crippen molar-refractivity contribution in [2.24, 2.45) is 0 Å². The number of carbonyl (C=O) groups excluding carboxylic acids is 1. The van der Waals surface area contributed by atoms with E-state index in [1.165, 1.54) is 16.8 Å². The zero-order chi connectivity index (χ0) is 12.3. The van der Waals surface area contributed by atoms with Crippen molar-refractivity contribution in [2.45, 2.75) is 39.3 Å². The van der Waals surface area contributed by atoms with Crippen molar-refractivity contribution >= 4 is 5.97 Å². The predicted octanol–water partition coefficient (Wildman–Crippen LogP) is 2.71. The lowest BCUT2D eigenvalue weighted by molar-refractivity contribution is 0.00541. The smallest absolute Gasteiger partial charge is 0.355 e. The van der Waals surface area contributed by atoms with Crippen LogP contribution in [0.15, 0.2) is 18.3 Å². The lowest BCUT2D eigenvalue weighted by Crippen LogP contribution is -2.25. The van der Waals surface area contributed by atoms with E-state index in [4.69, 9.17) is 4.74 Å². The molecule has 0 saturated heterocycles. The zero-order valence-electron chi connectivity index (χ0n) is 9.54. The van der Waals surface area contributed by atoms with Crippen LogP contribution < -0.4 is 0 Å². The minimum atomic E-state index is -2.49. The Morgan fingerprint density at radius 3 is 2.62 bits per heavy atom. The number of ether oxygens (including phenoxy) is 1. The van der Waals surface area contributed by atoms with E-state index >= 15 is 0 Å². The Bertz CT molecular complexity index is 366. The van der Waals surface area contributed by atoms with Gasteiger partial charge in [-0.05, 0) is 32.9 Å². The van der Waals surface area contributed by atoms with Crippen LogP contribution in [0.4, 0.5) is 8.78 Å². The highest BCUT2D eigenvalue weighted by atomic mass is 19.3. The van der Waals surface area contributed by atoms with Crippen LogP contribution in [0.2, 0.25) is 0 Å². The highest BCUT2D eigenvalue weighted by Gasteiger charge is 2.21. The summed E-state index contributed by atoms with van der Waals surface area (Å²) in [6, 6.07) is 3.01. The topological polar surface area (TPSA) is 31.2 Å². The van der Waals surface area contributed by atoms with Crippen molar-refractivity contribution in [2.75, 3.05) is 0 Å². The van der Waals surface area contributed by atoms with Crippen molar-refractivity contribution in [3.05, 3.63) is 24.0 Å². The lowest BCUT2D eigenvalue weighted by Gasteiger charge is -2.20. The number of halogens is 2. The predicted molar refractivity (Wildman–Crippen MR) is 55.6 cm³/mol. The number of alkyl halides is 2. The van der Waals surface area contributed by atoms with Crippen molar-refractivity contribution < 1.29 is 18.3 Å². The first kappa shape index (κ1) is 12.7. The van der Waals surface area contributed by atoms with Crippen molar-refractivity contribution in [3.8, 4) is 0 Å². The summed E-state index contributed by atoms with van der Waals surface area (Å²) in [6.07, 6.45) is -1.06. The van der Waals surface area contributed by atoms with Gasteiger partial charge in [-0.15, -0.1) is 0 Å². The van der Waals surface area contributed by atoms with Gasteiger partial charge in [-0.2, -0.15) is 0 Å². The quantitative estimate of drug-likeness (QED) is 0.749.